The van der Waals surface area contributed by atoms with Gasteiger partial charge in [-0.05, 0) is 31.4 Å². The Kier molecular flexibility index (Phi) is 4.97. The fraction of sp³-hybridized carbons (Fsp3) is 0.579. The van der Waals surface area contributed by atoms with Crippen molar-refractivity contribution in [1.82, 2.24) is 5.32 Å². The molecule has 2 nitrogen and oxygen atoms in total. The lowest BCUT2D eigenvalue weighted by atomic mass is 9.83. The van der Waals surface area contributed by atoms with Crippen molar-refractivity contribution in [2.45, 2.75) is 57.9 Å². The molecule has 3 rings (SSSR count). The van der Waals surface area contributed by atoms with Gasteiger partial charge in [0.25, 0.3) is 0 Å². The Hall–Kier alpha value is -1.28. The monoisotopic (exact) mass is 285 g/mol. The van der Waals surface area contributed by atoms with Crippen molar-refractivity contribution in [3.05, 3.63) is 36.1 Å². The van der Waals surface area contributed by atoms with Crippen LogP contribution >= 0.6 is 0 Å². The largest absolute Gasteiger partial charge is 0.464 e. The molecule has 1 aromatic carbocycles. The minimum Gasteiger partial charge on any atom is -0.464 e. The molecule has 2 heteroatoms. The topological polar surface area (TPSA) is 25.2 Å². The third-order valence-electron chi connectivity index (χ3n) is 4.82. The minimum atomic E-state index is 0.441. The van der Waals surface area contributed by atoms with Crippen molar-refractivity contribution < 1.29 is 4.42 Å². The first kappa shape index (κ1) is 14.6. The average Bonchev–Trinajstić information content (AvgIpc) is 2.96. The highest BCUT2D eigenvalue weighted by atomic mass is 16.3. The molecule has 2 aromatic rings. The van der Waals surface area contributed by atoms with Crippen LogP contribution in [-0.2, 0) is 0 Å². The lowest BCUT2D eigenvalue weighted by molar-refractivity contribution is 0.300. The summed E-state index contributed by atoms with van der Waals surface area (Å²) in [6.07, 6.45) is 11.5. The number of rotatable bonds is 6. The van der Waals surface area contributed by atoms with Crippen molar-refractivity contribution in [1.29, 1.82) is 0 Å². The van der Waals surface area contributed by atoms with Crippen molar-refractivity contribution in [3.8, 4) is 0 Å². The van der Waals surface area contributed by atoms with Crippen LogP contribution in [0.4, 0.5) is 0 Å². The van der Waals surface area contributed by atoms with Gasteiger partial charge in [-0.2, -0.15) is 0 Å². The van der Waals surface area contributed by atoms with Crippen LogP contribution in [0.5, 0.6) is 0 Å². The summed E-state index contributed by atoms with van der Waals surface area (Å²) in [6.45, 7) is 3.31. The molecule has 21 heavy (non-hydrogen) atoms. The molecule has 1 saturated carbocycles. The summed E-state index contributed by atoms with van der Waals surface area (Å²) in [5.41, 5.74) is 2.36. The van der Waals surface area contributed by atoms with E-state index in [0.29, 0.717) is 6.04 Å². The Morgan fingerprint density at radius 2 is 2.00 bits per heavy atom. The van der Waals surface area contributed by atoms with Crippen LogP contribution in [0, 0.1) is 5.92 Å². The average molecular weight is 285 g/mol. The van der Waals surface area contributed by atoms with Crippen LogP contribution in [0.15, 0.2) is 34.9 Å². The van der Waals surface area contributed by atoms with E-state index >= 15 is 0 Å². The van der Waals surface area contributed by atoms with Crippen LogP contribution in [0.3, 0.4) is 0 Å². The van der Waals surface area contributed by atoms with E-state index in [1.165, 1.54) is 55.9 Å². The predicted molar refractivity (Wildman–Crippen MR) is 88.4 cm³/mol. The van der Waals surface area contributed by atoms with E-state index in [1.807, 2.05) is 12.3 Å². The van der Waals surface area contributed by atoms with E-state index < -0.39 is 0 Å². The lowest BCUT2D eigenvalue weighted by Gasteiger charge is -2.27. The summed E-state index contributed by atoms with van der Waals surface area (Å²) < 4.78 is 5.76. The fourth-order valence-corrected chi connectivity index (χ4v) is 3.66. The van der Waals surface area contributed by atoms with Gasteiger partial charge in [0, 0.05) is 17.0 Å². The summed E-state index contributed by atoms with van der Waals surface area (Å²) in [5.74, 6) is 0.877. The predicted octanol–water partition coefficient (Wildman–Crippen LogP) is 5.44. The number of nitrogens with one attached hydrogen (secondary N) is 1. The number of hydrogen-bond donors (Lipinski definition) is 1. The molecule has 1 aliphatic rings. The van der Waals surface area contributed by atoms with E-state index in [9.17, 15) is 0 Å². The van der Waals surface area contributed by atoms with Crippen molar-refractivity contribution in [3.63, 3.8) is 0 Å². The summed E-state index contributed by atoms with van der Waals surface area (Å²) in [7, 11) is 0. The van der Waals surface area contributed by atoms with Crippen LogP contribution < -0.4 is 5.32 Å². The van der Waals surface area contributed by atoms with Crippen LogP contribution in [-0.4, -0.2) is 6.54 Å². The smallest absolute Gasteiger partial charge is 0.134 e. The molecule has 0 spiro atoms. The fourth-order valence-electron chi connectivity index (χ4n) is 3.66. The Labute approximate surface area is 127 Å². The number of hydrogen-bond acceptors (Lipinski definition) is 2. The Bertz CT molecular complexity index is 553. The van der Waals surface area contributed by atoms with E-state index in [1.54, 1.807) is 0 Å². The molecule has 114 valence electrons. The van der Waals surface area contributed by atoms with Crippen molar-refractivity contribution in [2.75, 3.05) is 6.54 Å². The van der Waals surface area contributed by atoms with Gasteiger partial charge in [-0.3, -0.25) is 0 Å². The Balaban J connectivity index is 1.80. The number of fused-ring (bicyclic) bond motifs is 1. The van der Waals surface area contributed by atoms with Crippen LogP contribution in [0.25, 0.3) is 11.0 Å². The van der Waals surface area contributed by atoms with Gasteiger partial charge in [0.05, 0.1) is 6.26 Å². The number of furan rings is 1. The normalized spacial score (nSPS) is 18.1. The second kappa shape index (κ2) is 7.13. The number of benzene rings is 1. The summed E-state index contributed by atoms with van der Waals surface area (Å²) >= 11 is 0. The van der Waals surface area contributed by atoms with Gasteiger partial charge in [-0.25, -0.2) is 0 Å². The molecule has 1 aliphatic carbocycles. The molecule has 1 atom stereocenters. The second-order valence-corrected chi connectivity index (χ2v) is 6.43. The maximum absolute atomic E-state index is 5.76. The summed E-state index contributed by atoms with van der Waals surface area (Å²) in [5, 5.41) is 5.03. The lowest BCUT2D eigenvalue weighted by Crippen LogP contribution is -2.25. The minimum absolute atomic E-state index is 0.441. The highest BCUT2D eigenvalue weighted by Gasteiger charge is 2.22. The van der Waals surface area contributed by atoms with E-state index in [4.69, 9.17) is 4.42 Å². The molecule has 1 unspecified atom stereocenters. The van der Waals surface area contributed by atoms with Gasteiger partial charge < -0.3 is 9.73 Å². The maximum atomic E-state index is 5.76. The third kappa shape index (κ3) is 3.49. The standard InChI is InChI=1S/C19H27NO/c1-2-12-20-18(13-15-8-4-3-5-9-15)17-14-21-19-11-7-6-10-16(17)19/h6-7,10-11,14-15,18,20H,2-5,8-9,12-13H2,1H3. The Morgan fingerprint density at radius 3 is 2.81 bits per heavy atom. The highest BCUT2D eigenvalue weighted by Crippen LogP contribution is 2.35. The van der Waals surface area contributed by atoms with Crippen LogP contribution in [0.1, 0.15) is 63.5 Å². The first-order valence-corrected chi connectivity index (χ1v) is 8.58. The third-order valence-corrected chi connectivity index (χ3v) is 4.82. The highest BCUT2D eigenvalue weighted by molar-refractivity contribution is 5.81. The molecular formula is C19H27NO. The molecular weight excluding hydrogens is 258 g/mol. The molecule has 0 saturated heterocycles. The van der Waals surface area contributed by atoms with E-state index in [2.05, 4.69) is 30.4 Å². The number of para-hydroxylation sites is 1. The molecule has 1 heterocycles. The molecule has 0 aliphatic heterocycles. The molecule has 1 aromatic heterocycles. The summed E-state index contributed by atoms with van der Waals surface area (Å²) in [4.78, 5) is 0. The van der Waals surface area contributed by atoms with Gasteiger partial charge in [0.1, 0.15) is 5.58 Å². The van der Waals surface area contributed by atoms with Gasteiger partial charge in [0.15, 0.2) is 0 Å². The zero-order chi connectivity index (χ0) is 14.5. The van der Waals surface area contributed by atoms with E-state index in [0.717, 1.165) is 18.0 Å². The van der Waals surface area contributed by atoms with Crippen LogP contribution in [0.2, 0.25) is 0 Å². The van der Waals surface area contributed by atoms with E-state index in [-0.39, 0.29) is 0 Å². The van der Waals surface area contributed by atoms with Gasteiger partial charge >= 0.3 is 0 Å². The van der Waals surface area contributed by atoms with Crippen molar-refractivity contribution in [2.24, 2.45) is 5.92 Å². The molecule has 0 radical (unpaired) electrons. The van der Waals surface area contributed by atoms with Gasteiger partial charge in [-0.1, -0.05) is 57.2 Å². The first-order chi connectivity index (χ1) is 10.4. The molecule has 1 N–H and O–H groups in total. The first-order valence-electron chi connectivity index (χ1n) is 8.58. The Morgan fingerprint density at radius 1 is 1.19 bits per heavy atom. The summed E-state index contributed by atoms with van der Waals surface area (Å²) in [6, 6.07) is 8.85. The zero-order valence-corrected chi connectivity index (χ0v) is 13.1. The molecule has 0 bridgehead atoms. The maximum Gasteiger partial charge on any atom is 0.134 e. The molecule has 0 amide bonds. The quantitative estimate of drug-likeness (QED) is 0.764. The zero-order valence-electron chi connectivity index (χ0n) is 13.1. The SMILES string of the molecule is CCCNC(CC1CCCCC1)c1coc2ccccc12. The van der Waals surface area contributed by atoms with Gasteiger partial charge in [-0.15, -0.1) is 0 Å². The molecule has 1 fully saturated rings. The van der Waals surface area contributed by atoms with Crippen molar-refractivity contribution >= 4 is 11.0 Å². The second-order valence-electron chi connectivity index (χ2n) is 6.43. The van der Waals surface area contributed by atoms with Gasteiger partial charge in [0.2, 0.25) is 0 Å².